The van der Waals surface area contributed by atoms with Crippen molar-refractivity contribution in [1.82, 2.24) is 14.7 Å². The van der Waals surface area contributed by atoms with Crippen LogP contribution in [0.1, 0.15) is 11.7 Å². The second kappa shape index (κ2) is 4.00. The maximum absolute atomic E-state index is 4.97. The normalized spacial score (nSPS) is 11.2. The highest BCUT2D eigenvalue weighted by Crippen LogP contribution is 2.24. The lowest BCUT2D eigenvalue weighted by molar-refractivity contribution is 0.386. The van der Waals surface area contributed by atoms with Gasteiger partial charge in [-0.25, -0.2) is 0 Å². The van der Waals surface area contributed by atoms with Crippen molar-refractivity contribution in [1.29, 1.82) is 0 Å². The first-order chi connectivity index (χ1) is 8.24. The van der Waals surface area contributed by atoms with Gasteiger partial charge >= 0.3 is 0 Å². The van der Waals surface area contributed by atoms with Crippen molar-refractivity contribution in [3.8, 4) is 0 Å². The van der Waals surface area contributed by atoms with Gasteiger partial charge in [-0.15, -0.1) is 0 Å². The topological polar surface area (TPSA) is 43.9 Å². The fourth-order valence-corrected chi connectivity index (χ4v) is 2.37. The minimum Gasteiger partial charge on any atom is -0.340 e. The van der Waals surface area contributed by atoms with Crippen molar-refractivity contribution in [3.63, 3.8) is 0 Å². The third-order valence-corrected chi connectivity index (χ3v) is 3.33. The predicted octanol–water partition coefficient (Wildman–Crippen LogP) is 3.14. The van der Waals surface area contributed by atoms with Gasteiger partial charge in [0.15, 0.2) is 5.82 Å². The predicted molar refractivity (Wildman–Crippen MR) is 67.8 cm³/mol. The Balaban J connectivity index is 2.04. The van der Waals surface area contributed by atoms with Gasteiger partial charge in [0.05, 0.1) is 6.54 Å². The second-order valence-electron chi connectivity index (χ2n) is 3.85. The molecular formula is C12H10BrN3O. The van der Waals surface area contributed by atoms with Crippen LogP contribution in [-0.2, 0) is 6.54 Å². The van der Waals surface area contributed by atoms with E-state index in [4.69, 9.17) is 4.52 Å². The molecule has 0 aliphatic rings. The van der Waals surface area contributed by atoms with E-state index in [9.17, 15) is 0 Å². The quantitative estimate of drug-likeness (QED) is 0.728. The monoisotopic (exact) mass is 291 g/mol. The number of rotatable bonds is 2. The van der Waals surface area contributed by atoms with Crippen LogP contribution in [0.15, 0.2) is 39.5 Å². The highest BCUT2D eigenvalue weighted by molar-refractivity contribution is 9.10. The molecule has 0 saturated carbocycles. The van der Waals surface area contributed by atoms with Crippen LogP contribution in [-0.4, -0.2) is 14.7 Å². The molecule has 0 unspecified atom stereocenters. The van der Waals surface area contributed by atoms with Gasteiger partial charge in [-0.3, -0.25) is 0 Å². The van der Waals surface area contributed by atoms with Gasteiger partial charge in [0.2, 0.25) is 5.89 Å². The first-order valence-corrected chi connectivity index (χ1v) is 6.06. The molecule has 86 valence electrons. The minimum atomic E-state index is 0.595. The smallest absolute Gasteiger partial charge is 0.223 e. The zero-order chi connectivity index (χ0) is 11.8. The average molecular weight is 292 g/mol. The fraction of sp³-hybridized carbons (Fsp3) is 0.167. The van der Waals surface area contributed by atoms with Gasteiger partial charge in [-0.2, -0.15) is 4.98 Å². The van der Waals surface area contributed by atoms with E-state index in [-0.39, 0.29) is 0 Å². The Morgan fingerprint density at radius 1 is 1.35 bits per heavy atom. The number of aromatic nitrogens is 3. The standard InChI is InChI=1S/C12H10BrN3O/c1-8-14-12(15-17-8)7-16-6-5-9-10(13)3-2-4-11(9)16/h2-6H,7H2,1H3. The molecule has 0 aliphatic carbocycles. The molecule has 0 atom stereocenters. The van der Waals surface area contributed by atoms with E-state index in [1.165, 1.54) is 5.39 Å². The summed E-state index contributed by atoms with van der Waals surface area (Å²) in [5, 5.41) is 5.09. The zero-order valence-electron chi connectivity index (χ0n) is 9.22. The molecule has 3 rings (SSSR count). The number of fused-ring (bicyclic) bond motifs is 1. The Bertz CT molecular complexity index is 671. The van der Waals surface area contributed by atoms with Gasteiger partial charge in [0.1, 0.15) is 0 Å². The van der Waals surface area contributed by atoms with Crippen LogP contribution >= 0.6 is 15.9 Å². The number of halogens is 1. The molecule has 0 radical (unpaired) electrons. The molecule has 17 heavy (non-hydrogen) atoms. The molecule has 0 bridgehead atoms. The molecule has 2 heterocycles. The van der Waals surface area contributed by atoms with E-state index in [0.717, 1.165) is 9.99 Å². The van der Waals surface area contributed by atoms with Crippen molar-refractivity contribution in [3.05, 3.63) is 46.7 Å². The van der Waals surface area contributed by atoms with Gasteiger partial charge in [-0.05, 0) is 18.2 Å². The highest BCUT2D eigenvalue weighted by Gasteiger charge is 2.07. The molecule has 0 amide bonds. The Labute approximate surface area is 106 Å². The molecule has 0 saturated heterocycles. The lowest BCUT2D eigenvalue weighted by Gasteiger charge is -2.01. The van der Waals surface area contributed by atoms with Crippen LogP contribution in [0.3, 0.4) is 0 Å². The van der Waals surface area contributed by atoms with E-state index in [0.29, 0.717) is 18.3 Å². The summed E-state index contributed by atoms with van der Waals surface area (Å²) >= 11 is 3.54. The molecule has 4 nitrogen and oxygen atoms in total. The largest absolute Gasteiger partial charge is 0.340 e. The molecule has 0 N–H and O–H groups in total. The van der Waals surface area contributed by atoms with E-state index < -0.39 is 0 Å². The molecule has 0 fully saturated rings. The van der Waals surface area contributed by atoms with Gasteiger partial charge in [0, 0.05) is 28.5 Å². The summed E-state index contributed by atoms with van der Waals surface area (Å²) in [4.78, 5) is 4.20. The average Bonchev–Trinajstić information content (AvgIpc) is 2.88. The van der Waals surface area contributed by atoms with Crippen molar-refractivity contribution in [2.75, 3.05) is 0 Å². The Morgan fingerprint density at radius 2 is 2.24 bits per heavy atom. The number of hydrogen-bond donors (Lipinski definition) is 0. The van der Waals surface area contributed by atoms with E-state index >= 15 is 0 Å². The van der Waals surface area contributed by atoms with E-state index in [1.54, 1.807) is 6.92 Å². The number of nitrogens with zero attached hydrogens (tertiary/aromatic N) is 3. The Morgan fingerprint density at radius 3 is 3.00 bits per heavy atom. The van der Waals surface area contributed by atoms with Crippen LogP contribution in [0.2, 0.25) is 0 Å². The summed E-state index contributed by atoms with van der Waals surface area (Å²) in [6.07, 6.45) is 2.03. The maximum Gasteiger partial charge on any atom is 0.223 e. The Kier molecular flexibility index (Phi) is 2.48. The van der Waals surface area contributed by atoms with Crippen LogP contribution in [0.25, 0.3) is 10.9 Å². The lowest BCUT2D eigenvalue weighted by Crippen LogP contribution is -1.99. The summed E-state index contributed by atoms with van der Waals surface area (Å²) in [6.45, 7) is 2.41. The third kappa shape index (κ3) is 1.86. The first kappa shape index (κ1) is 10.5. The molecule has 5 heteroatoms. The fourth-order valence-electron chi connectivity index (χ4n) is 1.88. The SMILES string of the molecule is Cc1nc(Cn2ccc3c(Br)cccc32)no1. The molecular weight excluding hydrogens is 282 g/mol. The van der Waals surface area contributed by atoms with Crippen molar-refractivity contribution < 1.29 is 4.52 Å². The summed E-state index contributed by atoms with van der Waals surface area (Å²) in [6, 6.07) is 8.20. The molecule has 0 aliphatic heterocycles. The molecule has 0 spiro atoms. The summed E-state index contributed by atoms with van der Waals surface area (Å²) in [5.41, 5.74) is 1.15. The lowest BCUT2D eigenvalue weighted by atomic mass is 10.2. The molecule has 1 aromatic carbocycles. The number of hydrogen-bond acceptors (Lipinski definition) is 3. The summed E-state index contributed by atoms with van der Waals surface area (Å²) in [5.74, 6) is 1.29. The number of benzene rings is 1. The zero-order valence-corrected chi connectivity index (χ0v) is 10.8. The second-order valence-corrected chi connectivity index (χ2v) is 4.70. The van der Waals surface area contributed by atoms with E-state index in [2.05, 4.69) is 42.8 Å². The van der Waals surface area contributed by atoms with Gasteiger partial charge < -0.3 is 9.09 Å². The first-order valence-electron chi connectivity index (χ1n) is 5.26. The van der Waals surface area contributed by atoms with Crippen LogP contribution < -0.4 is 0 Å². The van der Waals surface area contributed by atoms with E-state index in [1.807, 2.05) is 18.3 Å². The summed E-state index contributed by atoms with van der Waals surface area (Å²) in [7, 11) is 0. The van der Waals surface area contributed by atoms with Crippen molar-refractivity contribution in [2.24, 2.45) is 0 Å². The maximum atomic E-state index is 4.97. The highest BCUT2D eigenvalue weighted by atomic mass is 79.9. The van der Waals surface area contributed by atoms with Gasteiger partial charge in [0.25, 0.3) is 0 Å². The summed E-state index contributed by atoms with van der Waals surface area (Å²) < 4.78 is 8.16. The van der Waals surface area contributed by atoms with Crippen molar-refractivity contribution >= 4 is 26.8 Å². The number of aryl methyl sites for hydroxylation is 1. The molecule has 3 aromatic rings. The van der Waals surface area contributed by atoms with Crippen molar-refractivity contribution in [2.45, 2.75) is 13.5 Å². The third-order valence-electron chi connectivity index (χ3n) is 2.64. The van der Waals surface area contributed by atoms with Gasteiger partial charge in [-0.1, -0.05) is 27.2 Å². The van der Waals surface area contributed by atoms with Crippen LogP contribution in [0.4, 0.5) is 0 Å². The van der Waals surface area contributed by atoms with Crippen LogP contribution in [0.5, 0.6) is 0 Å². The Hall–Kier alpha value is -1.62. The minimum absolute atomic E-state index is 0.595. The molecule has 2 aromatic heterocycles. The van der Waals surface area contributed by atoms with Crippen LogP contribution in [0, 0.1) is 6.92 Å².